The third kappa shape index (κ3) is 6.06. The normalized spacial score (nSPS) is 17.1. The van der Waals surface area contributed by atoms with Gasteiger partial charge >= 0.3 is 6.03 Å². The molecule has 1 saturated carbocycles. The minimum Gasteiger partial charge on any atom is -0.348 e. The van der Waals surface area contributed by atoms with E-state index >= 15 is 0 Å². The quantitative estimate of drug-likeness (QED) is 0.624. The predicted molar refractivity (Wildman–Crippen MR) is 124 cm³/mol. The Morgan fingerprint density at radius 3 is 2.18 bits per heavy atom. The first-order valence-corrected chi connectivity index (χ1v) is 11.7. The number of nitrogens with one attached hydrogen (secondary N) is 3. The number of rotatable bonds is 5. The molecular formula is C24H29FN6O3. The van der Waals surface area contributed by atoms with E-state index in [9.17, 15) is 18.8 Å². The van der Waals surface area contributed by atoms with Gasteiger partial charge in [0.25, 0.3) is 11.8 Å². The van der Waals surface area contributed by atoms with Gasteiger partial charge in [-0.1, -0.05) is 19.3 Å². The second-order valence-electron chi connectivity index (χ2n) is 8.73. The Morgan fingerprint density at radius 1 is 0.824 bits per heavy atom. The second kappa shape index (κ2) is 11.0. The van der Waals surface area contributed by atoms with E-state index in [-0.39, 0.29) is 35.2 Å². The molecule has 0 atom stereocenters. The highest BCUT2D eigenvalue weighted by Gasteiger charge is 2.27. The van der Waals surface area contributed by atoms with Crippen LogP contribution in [-0.2, 0) is 0 Å². The van der Waals surface area contributed by atoms with Crippen molar-refractivity contribution in [1.82, 2.24) is 25.5 Å². The SMILES string of the molecule is O=C(Nc1nccnc1C(=O)NC1CCN(C(=O)NC2CCCCC2)CC1)c1ccc(F)cc1. The number of piperidine rings is 1. The van der Waals surface area contributed by atoms with E-state index in [1.54, 1.807) is 4.90 Å². The lowest BCUT2D eigenvalue weighted by atomic mass is 9.95. The molecule has 2 aliphatic rings. The number of urea groups is 1. The fraction of sp³-hybridized carbons (Fsp3) is 0.458. The highest BCUT2D eigenvalue weighted by Crippen LogP contribution is 2.19. The molecule has 9 nitrogen and oxygen atoms in total. The van der Waals surface area contributed by atoms with Crippen LogP contribution in [0.2, 0.25) is 0 Å². The fourth-order valence-corrected chi connectivity index (χ4v) is 4.37. The van der Waals surface area contributed by atoms with Gasteiger partial charge in [-0.3, -0.25) is 9.59 Å². The number of benzene rings is 1. The number of aromatic nitrogens is 2. The third-order valence-corrected chi connectivity index (χ3v) is 6.30. The lowest BCUT2D eigenvalue weighted by Crippen LogP contribution is -2.51. The van der Waals surface area contributed by atoms with Gasteiger partial charge in [0.2, 0.25) is 0 Å². The molecule has 2 heterocycles. The Morgan fingerprint density at radius 2 is 1.47 bits per heavy atom. The summed E-state index contributed by atoms with van der Waals surface area (Å²) in [5.74, 6) is -1.40. The molecule has 0 spiro atoms. The summed E-state index contributed by atoms with van der Waals surface area (Å²) in [5, 5.41) is 8.64. The van der Waals surface area contributed by atoms with Crippen LogP contribution in [0.1, 0.15) is 65.8 Å². The lowest BCUT2D eigenvalue weighted by Gasteiger charge is -2.34. The number of anilines is 1. The molecule has 2 fully saturated rings. The molecule has 2 aromatic rings. The van der Waals surface area contributed by atoms with E-state index in [1.807, 2.05) is 0 Å². The van der Waals surface area contributed by atoms with Crippen molar-refractivity contribution in [2.45, 2.75) is 57.0 Å². The second-order valence-corrected chi connectivity index (χ2v) is 8.73. The Kier molecular flexibility index (Phi) is 7.66. The minimum atomic E-state index is -0.521. The molecule has 10 heteroatoms. The maximum absolute atomic E-state index is 13.1. The third-order valence-electron chi connectivity index (χ3n) is 6.30. The highest BCUT2D eigenvalue weighted by atomic mass is 19.1. The molecule has 1 aromatic carbocycles. The summed E-state index contributed by atoms with van der Waals surface area (Å²) in [6.07, 6.45) is 9.64. The lowest BCUT2D eigenvalue weighted by molar-refractivity contribution is 0.0913. The van der Waals surface area contributed by atoms with E-state index in [2.05, 4.69) is 25.9 Å². The molecule has 1 aromatic heterocycles. The maximum atomic E-state index is 13.1. The minimum absolute atomic E-state index is 0.00423. The molecule has 3 N–H and O–H groups in total. The number of hydrogen-bond donors (Lipinski definition) is 3. The first-order valence-electron chi connectivity index (χ1n) is 11.7. The number of carbonyl (C=O) groups excluding carboxylic acids is 3. The smallest absolute Gasteiger partial charge is 0.317 e. The number of nitrogens with zero attached hydrogens (tertiary/aromatic N) is 3. The maximum Gasteiger partial charge on any atom is 0.317 e. The number of halogens is 1. The van der Waals surface area contributed by atoms with Crippen molar-refractivity contribution in [1.29, 1.82) is 0 Å². The average molecular weight is 469 g/mol. The monoisotopic (exact) mass is 468 g/mol. The van der Waals surface area contributed by atoms with Gasteiger partial charge in [-0.2, -0.15) is 0 Å². The summed E-state index contributed by atoms with van der Waals surface area (Å²) in [6, 6.07) is 5.17. The van der Waals surface area contributed by atoms with Crippen molar-refractivity contribution in [2.24, 2.45) is 0 Å². The Balaban J connectivity index is 1.30. The van der Waals surface area contributed by atoms with Crippen molar-refractivity contribution < 1.29 is 18.8 Å². The molecule has 4 amide bonds. The van der Waals surface area contributed by atoms with Crippen LogP contribution in [0, 0.1) is 5.82 Å². The Hall–Kier alpha value is -3.56. The summed E-state index contributed by atoms with van der Waals surface area (Å²) in [4.78, 5) is 47.8. The van der Waals surface area contributed by atoms with Gasteiger partial charge in [-0.05, 0) is 49.9 Å². The van der Waals surface area contributed by atoms with Crippen LogP contribution in [-0.4, -0.2) is 57.9 Å². The summed E-state index contributed by atoms with van der Waals surface area (Å²) in [5.41, 5.74) is 0.229. The standard InChI is InChI=1S/C24H29FN6O3/c25-17-8-6-16(7-9-17)22(32)30-21-20(26-12-13-27-21)23(33)28-19-10-14-31(15-11-19)24(34)29-18-4-2-1-3-5-18/h6-9,12-13,18-19H,1-5,10-11,14-15H2,(H,28,33)(H,29,34)(H,27,30,32). The zero-order valence-corrected chi connectivity index (χ0v) is 18.9. The van der Waals surface area contributed by atoms with Gasteiger partial charge in [0.05, 0.1) is 0 Å². The molecule has 180 valence electrons. The molecule has 0 bridgehead atoms. The predicted octanol–water partition coefficient (Wildman–Crippen LogP) is 3.10. The summed E-state index contributed by atoms with van der Waals surface area (Å²) < 4.78 is 13.1. The average Bonchev–Trinajstić information content (AvgIpc) is 2.85. The van der Waals surface area contributed by atoms with Crippen molar-refractivity contribution in [3.63, 3.8) is 0 Å². The summed E-state index contributed by atoms with van der Waals surface area (Å²) in [6.45, 7) is 1.11. The molecule has 34 heavy (non-hydrogen) atoms. The molecule has 1 aliphatic carbocycles. The van der Waals surface area contributed by atoms with Crippen molar-refractivity contribution >= 4 is 23.7 Å². The molecule has 4 rings (SSSR count). The number of likely N-dealkylation sites (tertiary alicyclic amines) is 1. The number of carbonyl (C=O) groups is 3. The first-order chi connectivity index (χ1) is 16.5. The van der Waals surface area contributed by atoms with Crippen LogP contribution in [0.25, 0.3) is 0 Å². The zero-order valence-electron chi connectivity index (χ0n) is 18.9. The van der Waals surface area contributed by atoms with Crippen molar-refractivity contribution in [2.75, 3.05) is 18.4 Å². The fourth-order valence-electron chi connectivity index (χ4n) is 4.37. The van der Waals surface area contributed by atoms with Crippen LogP contribution < -0.4 is 16.0 Å². The van der Waals surface area contributed by atoms with Crippen LogP contribution >= 0.6 is 0 Å². The zero-order chi connectivity index (χ0) is 23.9. The van der Waals surface area contributed by atoms with Crippen molar-refractivity contribution in [3.05, 3.63) is 53.7 Å². The molecule has 1 aliphatic heterocycles. The highest BCUT2D eigenvalue weighted by molar-refractivity contribution is 6.07. The van der Waals surface area contributed by atoms with E-state index < -0.39 is 17.6 Å². The van der Waals surface area contributed by atoms with Crippen LogP contribution in [0.15, 0.2) is 36.7 Å². The van der Waals surface area contributed by atoms with E-state index in [0.717, 1.165) is 25.7 Å². The Labute approximate surface area is 197 Å². The van der Waals surface area contributed by atoms with Gasteiger partial charge in [-0.15, -0.1) is 0 Å². The molecule has 0 unspecified atom stereocenters. The van der Waals surface area contributed by atoms with E-state index in [1.165, 1.54) is 43.1 Å². The first kappa shape index (κ1) is 23.6. The van der Waals surface area contributed by atoms with Gasteiger partial charge < -0.3 is 20.9 Å². The number of amides is 4. The largest absolute Gasteiger partial charge is 0.348 e. The summed E-state index contributed by atoms with van der Waals surface area (Å²) >= 11 is 0. The van der Waals surface area contributed by atoms with E-state index in [0.29, 0.717) is 25.9 Å². The van der Waals surface area contributed by atoms with Gasteiger partial charge in [0, 0.05) is 43.1 Å². The topological polar surface area (TPSA) is 116 Å². The number of hydrogen-bond acceptors (Lipinski definition) is 5. The molecule has 1 saturated heterocycles. The van der Waals surface area contributed by atoms with Gasteiger partial charge in [0.15, 0.2) is 11.5 Å². The van der Waals surface area contributed by atoms with E-state index in [4.69, 9.17) is 0 Å². The summed E-state index contributed by atoms with van der Waals surface area (Å²) in [7, 11) is 0. The molecule has 0 radical (unpaired) electrons. The van der Waals surface area contributed by atoms with Crippen LogP contribution in [0.3, 0.4) is 0 Å². The van der Waals surface area contributed by atoms with Crippen molar-refractivity contribution in [3.8, 4) is 0 Å². The van der Waals surface area contributed by atoms with Gasteiger partial charge in [-0.25, -0.2) is 19.2 Å². The van der Waals surface area contributed by atoms with Gasteiger partial charge in [0.1, 0.15) is 5.82 Å². The molecular weight excluding hydrogens is 439 g/mol. The van der Waals surface area contributed by atoms with Crippen LogP contribution in [0.5, 0.6) is 0 Å². The van der Waals surface area contributed by atoms with Crippen LogP contribution in [0.4, 0.5) is 15.0 Å². The Bertz CT molecular complexity index is 1020.